The molecule has 1 saturated heterocycles. The minimum atomic E-state index is 0.158. The molecule has 3 nitrogen and oxygen atoms in total. The van der Waals surface area contributed by atoms with Crippen LogP contribution in [-0.4, -0.2) is 30.4 Å². The number of rotatable bonds is 2. The van der Waals surface area contributed by atoms with Gasteiger partial charge in [0, 0.05) is 13.1 Å². The topological polar surface area (TPSA) is 46.3 Å². The maximum Gasteiger partial charge on any atom is 0.263 e. The second-order valence-corrected chi connectivity index (χ2v) is 7.05. The minimum absolute atomic E-state index is 0.158. The van der Waals surface area contributed by atoms with Crippen LogP contribution in [0.15, 0.2) is 6.07 Å². The number of carbonyl (C=O) groups excluding carboxylic acids is 1. The molecule has 2 heterocycles. The van der Waals surface area contributed by atoms with Crippen LogP contribution >= 0.6 is 11.3 Å². The zero-order valence-electron chi connectivity index (χ0n) is 13.1. The van der Waals surface area contributed by atoms with Crippen molar-refractivity contribution in [2.24, 2.45) is 17.6 Å². The van der Waals surface area contributed by atoms with Gasteiger partial charge in [0.2, 0.25) is 0 Å². The van der Waals surface area contributed by atoms with Crippen molar-refractivity contribution in [2.45, 2.75) is 33.6 Å². The lowest BCUT2D eigenvalue weighted by molar-refractivity contribution is 0.0672. The lowest BCUT2D eigenvalue weighted by Gasteiger charge is -2.33. The molecule has 1 aliphatic heterocycles. The largest absolute Gasteiger partial charge is 0.338 e. The summed E-state index contributed by atoms with van der Waals surface area (Å²) in [6, 6.07) is 1.96. The Labute approximate surface area is 131 Å². The maximum absolute atomic E-state index is 12.6. The van der Waals surface area contributed by atoms with Gasteiger partial charge in [-0.1, -0.05) is 25.7 Å². The van der Waals surface area contributed by atoms with E-state index in [9.17, 15) is 4.79 Å². The fraction of sp³-hybridized carbons (Fsp3) is 0.588. The van der Waals surface area contributed by atoms with E-state index in [0.717, 1.165) is 47.2 Å². The number of hydrogen-bond acceptors (Lipinski definition) is 3. The van der Waals surface area contributed by atoms with Gasteiger partial charge < -0.3 is 10.6 Å². The lowest BCUT2D eigenvalue weighted by atomic mass is 9.87. The molecule has 0 unspecified atom stereocenters. The standard InChI is InChI=1S/C17H24N2OS/c1-12(2)14-6-9-19(10-7-14)17(20)16-11-13(3)15(21-16)5-4-8-18/h11-12,14H,6-10,18H2,1-3H3. The van der Waals surface area contributed by atoms with E-state index in [1.807, 2.05) is 17.9 Å². The second kappa shape index (κ2) is 7.11. The van der Waals surface area contributed by atoms with Gasteiger partial charge >= 0.3 is 0 Å². The second-order valence-electron chi connectivity index (χ2n) is 6.00. The number of aryl methyl sites for hydroxylation is 1. The molecule has 1 aromatic heterocycles. The summed E-state index contributed by atoms with van der Waals surface area (Å²) >= 11 is 1.49. The Morgan fingerprint density at radius 1 is 1.48 bits per heavy atom. The highest BCUT2D eigenvalue weighted by atomic mass is 32.1. The van der Waals surface area contributed by atoms with E-state index in [1.54, 1.807) is 0 Å². The lowest BCUT2D eigenvalue weighted by Crippen LogP contribution is -2.39. The Bertz CT molecular complexity index is 557. The van der Waals surface area contributed by atoms with E-state index in [2.05, 4.69) is 25.7 Å². The molecule has 1 aliphatic rings. The summed E-state index contributed by atoms with van der Waals surface area (Å²) in [6.07, 6.45) is 2.24. The van der Waals surface area contributed by atoms with Crippen LogP contribution in [0, 0.1) is 30.6 Å². The summed E-state index contributed by atoms with van der Waals surface area (Å²) in [5, 5.41) is 0. The summed E-state index contributed by atoms with van der Waals surface area (Å²) < 4.78 is 0. The smallest absolute Gasteiger partial charge is 0.263 e. The molecule has 1 aromatic rings. The Morgan fingerprint density at radius 2 is 2.14 bits per heavy atom. The number of carbonyl (C=O) groups is 1. The van der Waals surface area contributed by atoms with Crippen molar-refractivity contribution < 1.29 is 4.79 Å². The van der Waals surface area contributed by atoms with Crippen molar-refractivity contribution in [1.29, 1.82) is 0 Å². The summed E-state index contributed by atoms with van der Waals surface area (Å²) in [4.78, 5) is 16.3. The highest BCUT2D eigenvalue weighted by Gasteiger charge is 2.26. The van der Waals surface area contributed by atoms with Gasteiger partial charge in [-0.15, -0.1) is 11.3 Å². The third-order valence-electron chi connectivity index (χ3n) is 4.20. The Hall–Kier alpha value is -1.31. The number of amides is 1. The summed E-state index contributed by atoms with van der Waals surface area (Å²) in [7, 11) is 0. The highest BCUT2D eigenvalue weighted by molar-refractivity contribution is 7.14. The number of likely N-dealkylation sites (tertiary alicyclic amines) is 1. The molecule has 4 heteroatoms. The zero-order chi connectivity index (χ0) is 15.4. The van der Waals surface area contributed by atoms with Crippen molar-refractivity contribution in [3.8, 4) is 11.8 Å². The predicted octanol–water partition coefficient (Wildman–Crippen LogP) is 2.87. The molecule has 21 heavy (non-hydrogen) atoms. The first-order valence-corrected chi connectivity index (χ1v) is 8.43. The van der Waals surface area contributed by atoms with Crippen LogP contribution in [0.4, 0.5) is 0 Å². The van der Waals surface area contributed by atoms with E-state index in [4.69, 9.17) is 5.73 Å². The first-order chi connectivity index (χ1) is 10.0. The van der Waals surface area contributed by atoms with Gasteiger partial charge in [0.05, 0.1) is 16.3 Å². The molecule has 1 amide bonds. The first kappa shape index (κ1) is 16.1. The van der Waals surface area contributed by atoms with E-state index in [0.29, 0.717) is 12.5 Å². The van der Waals surface area contributed by atoms with Crippen LogP contribution in [0.5, 0.6) is 0 Å². The monoisotopic (exact) mass is 304 g/mol. The fourth-order valence-electron chi connectivity index (χ4n) is 2.77. The highest BCUT2D eigenvalue weighted by Crippen LogP contribution is 2.27. The van der Waals surface area contributed by atoms with Gasteiger partial charge in [0.1, 0.15) is 0 Å². The third kappa shape index (κ3) is 3.87. The molecule has 2 rings (SSSR count). The molecule has 2 N–H and O–H groups in total. The fourth-order valence-corrected chi connectivity index (χ4v) is 3.78. The van der Waals surface area contributed by atoms with E-state index >= 15 is 0 Å². The van der Waals surface area contributed by atoms with Gasteiger partial charge in [-0.25, -0.2) is 0 Å². The van der Waals surface area contributed by atoms with Crippen molar-refractivity contribution in [3.63, 3.8) is 0 Å². The van der Waals surface area contributed by atoms with E-state index < -0.39 is 0 Å². The number of nitrogens with two attached hydrogens (primary N) is 1. The Morgan fingerprint density at radius 3 is 2.71 bits per heavy atom. The van der Waals surface area contributed by atoms with Gasteiger partial charge in [-0.2, -0.15) is 0 Å². The number of thiophene rings is 1. The predicted molar refractivity (Wildman–Crippen MR) is 88.5 cm³/mol. The molecule has 0 spiro atoms. The summed E-state index contributed by atoms with van der Waals surface area (Å²) in [6.45, 7) is 8.65. The minimum Gasteiger partial charge on any atom is -0.338 e. The molecule has 0 aliphatic carbocycles. The number of nitrogens with zero attached hydrogens (tertiary/aromatic N) is 1. The van der Waals surface area contributed by atoms with Crippen LogP contribution < -0.4 is 5.73 Å². The molecular weight excluding hydrogens is 280 g/mol. The average Bonchev–Trinajstić information content (AvgIpc) is 2.85. The molecule has 114 valence electrons. The molecular formula is C17H24N2OS. The van der Waals surface area contributed by atoms with Gasteiger partial charge in [0.15, 0.2) is 0 Å². The maximum atomic E-state index is 12.6. The molecule has 1 fully saturated rings. The number of hydrogen-bond donors (Lipinski definition) is 1. The van der Waals surface area contributed by atoms with Crippen LogP contribution in [0.3, 0.4) is 0 Å². The zero-order valence-corrected chi connectivity index (χ0v) is 13.9. The molecule has 0 saturated carbocycles. The number of piperidine rings is 1. The van der Waals surface area contributed by atoms with Crippen molar-refractivity contribution in [2.75, 3.05) is 19.6 Å². The average molecular weight is 304 g/mol. The normalized spacial score (nSPS) is 16.0. The van der Waals surface area contributed by atoms with Crippen LogP contribution in [-0.2, 0) is 0 Å². The van der Waals surface area contributed by atoms with Crippen LogP contribution in [0.1, 0.15) is 46.8 Å². The Balaban J connectivity index is 2.04. The van der Waals surface area contributed by atoms with Crippen molar-refractivity contribution >= 4 is 17.2 Å². The molecule has 0 atom stereocenters. The van der Waals surface area contributed by atoms with Crippen LogP contribution in [0.2, 0.25) is 0 Å². The van der Waals surface area contributed by atoms with Gasteiger partial charge in [0.25, 0.3) is 5.91 Å². The summed E-state index contributed by atoms with van der Waals surface area (Å²) in [5.41, 5.74) is 6.47. The first-order valence-electron chi connectivity index (χ1n) is 7.61. The van der Waals surface area contributed by atoms with E-state index in [-0.39, 0.29) is 5.91 Å². The molecule has 0 radical (unpaired) electrons. The summed E-state index contributed by atoms with van der Waals surface area (Å²) in [5.74, 6) is 7.53. The molecule has 0 aromatic carbocycles. The quantitative estimate of drug-likeness (QED) is 0.854. The third-order valence-corrected chi connectivity index (χ3v) is 5.34. The van der Waals surface area contributed by atoms with E-state index in [1.165, 1.54) is 11.3 Å². The Kier molecular flexibility index (Phi) is 5.44. The van der Waals surface area contributed by atoms with Gasteiger partial charge in [-0.3, -0.25) is 4.79 Å². The van der Waals surface area contributed by atoms with Gasteiger partial charge in [-0.05, 0) is 43.2 Å². The molecule has 0 bridgehead atoms. The van der Waals surface area contributed by atoms with Crippen molar-refractivity contribution in [1.82, 2.24) is 4.90 Å². The van der Waals surface area contributed by atoms with Crippen LogP contribution in [0.25, 0.3) is 0 Å². The SMILES string of the molecule is Cc1cc(C(=O)N2CCC(C(C)C)CC2)sc1C#CCN. The van der Waals surface area contributed by atoms with Crippen molar-refractivity contribution in [3.05, 3.63) is 21.4 Å².